The summed E-state index contributed by atoms with van der Waals surface area (Å²) in [7, 11) is 0. The molecular weight excluding hydrogens is 462 g/mol. The molecule has 0 unspecified atom stereocenters. The monoisotopic (exact) mass is 495 g/mol. The molecule has 1 amide bonds. The predicted molar refractivity (Wildman–Crippen MR) is 145 cm³/mol. The Hall–Kier alpha value is -3.81. The van der Waals surface area contributed by atoms with Crippen LogP contribution >= 0.6 is 0 Å². The lowest BCUT2D eigenvalue weighted by molar-refractivity contribution is 0.0950. The molecule has 1 aromatic heterocycles. The highest BCUT2D eigenvalue weighted by molar-refractivity contribution is 5.94. The number of aromatic nitrogens is 2. The number of rotatable bonds is 8. The maximum atomic E-state index is 12.9. The maximum absolute atomic E-state index is 12.9. The third kappa shape index (κ3) is 6.13. The molecule has 1 fully saturated rings. The second-order valence-corrected chi connectivity index (χ2v) is 9.52. The number of hydrogen-bond donors (Lipinski definition) is 1. The van der Waals surface area contributed by atoms with E-state index >= 15 is 0 Å². The summed E-state index contributed by atoms with van der Waals surface area (Å²) in [6, 6.07) is 23.6. The van der Waals surface area contributed by atoms with Gasteiger partial charge in [0.1, 0.15) is 0 Å². The van der Waals surface area contributed by atoms with Gasteiger partial charge in [0, 0.05) is 56.0 Å². The number of nitrogens with zero attached hydrogens (tertiary/aromatic N) is 4. The van der Waals surface area contributed by atoms with Gasteiger partial charge < -0.3 is 14.6 Å². The van der Waals surface area contributed by atoms with E-state index in [1.165, 1.54) is 5.56 Å². The van der Waals surface area contributed by atoms with Crippen molar-refractivity contribution in [2.24, 2.45) is 0 Å². The number of benzene rings is 3. The summed E-state index contributed by atoms with van der Waals surface area (Å²) < 4.78 is 5.87. The molecule has 0 radical (unpaired) electrons. The van der Waals surface area contributed by atoms with Gasteiger partial charge >= 0.3 is 0 Å². The average molecular weight is 496 g/mol. The van der Waals surface area contributed by atoms with Crippen molar-refractivity contribution in [1.82, 2.24) is 25.3 Å². The number of amides is 1. The highest BCUT2D eigenvalue weighted by Crippen LogP contribution is 2.24. The molecule has 0 atom stereocenters. The van der Waals surface area contributed by atoms with Crippen molar-refractivity contribution in [3.8, 4) is 22.9 Å². The Morgan fingerprint density at radius 3 is 2.22 bits per heavy atom. The van der Waals surface area contributed by atoms with E-state index in [1.807, 2.05) is 49.4 Å². The van der Waals surface area contributed by atoms with Gasteiger partial charge in [0.25, 0.3) is 5.91 Å². The van der Waals surface area contributed by atoms with E-state index in [2.05, 4.69) is 50.4 Å². The van der Waals surface area contributed by atoms with Crippen molar-refractivity contribution in [3.05, 3.63) is 95.1 Å². The van der Waals surface area contributed by atoms with E-state index in [9.17, 15) is 4.79 Å². The first kappa shape index (κ1) is 24.9. The second-order valence-electron chi connectivity index (χ2n) is 9.52. The Morgan fingerprint density at radius 2 is 1.51 bits per heavy atom. The van der Waals surface area contributed by atoms with Gasteiger partial charge in [-0.3, -0.25) is 9.69 Å². The Bertz CT molecular complexity index is 1340. The molecule has 0 bridgehead atoms. The van der Waals surface area contributed by atoms with Crippen LogP contribution in [0.25, 0.3) is 22.9 Å². The Kier molecular flexibility index (Phi) is 7.73. The van der Waals surface area contributed by atoms with Crippen LogP contribution in [0.4, 0.5) is 0 Å². The van der Waals surface area contributed by atoms with Gasteiger partial charge in [-0.1, -0.05) is 48.9 Å². The van der Waals surface area contributed by atoms with Gasteiger partial charge in [0.2, 0.25) is 11.8 Å². The molecule has 5 rings (SSSR count). The van der Waals surface area contributed by atoms with Crippen LogP contribution in [0.5, 0.6) is 0 Å². The van der Waals surface area contributed by atoms with E-state index in [0.717, 1.165) is 61.5 Å². The lowest BCUT2D eigenvalue weighted by atomic mass is 10.1. The lowest BCUT2D eigenvalue weighted by Gasteiger charge is -2.34. The van der Waals surface area contributed by atoms with Gasteiger partial charge in [0.05, 0.1) is 0 Å². The van der Waals surface area contributed by atoms with Crippen LogP contribution in [0.2, 0.25) is 0 Å². The zero-order chi connectivity index (χ0) is 25.6. The fourth-order valence-corrected chi connectivity index (χ4v) is 4.67. The van der Waals surface area contributed by atoms with Crippen LogP contribution in [0.1, 0.15) is 34.0 Å². The van der Waals surface area contributed by atoms with Gasteiger partial charge in [-0.05, 0) is 61.0 Å². The summed E-state index contributed by atoms with van der Waals surface area (Å²) in [5.41, 5.74) is 5.80. The topological polar surface area (TPSA) is 74.5 Å². The minimum absolute atomic E-state index is 0.108. The first-order valence-electron chi connectivity index (χ1n) is 12.9. The van der Waals surface area contributed by atoms with Crippen LogP contribution in [0.15, 0.2) is 77.2 Å². The number of nitrogens with one attached hydrogen (secondary N) is 1. The SMILES string of the molecule is CCN1CCN(Cc2ccccc2CNC(=O)c2ccc(-c3nnc(-c4cccc(C)c4)o3)cc2)CC1. The fourth-order valence-electron chi connectivity index (χ4n) is 4.67. The van der Waals surface area contributed by atoms with Crippen molar-refractivity contribution < 1.29 is 9.21 Å². The molecule has 7 nitrogen and oxygen atoms in total. The Balaban J connectivity index is 1.19. The van der Waals surface area contributed by atoms with Gasteiger partial charge in [0.15, 0.2) is 0 Å². The van der Waals surface area contributed by atoms with Crippen LogP contribution in [0, 0.1) is 6.92 Å². The smallest absolute Gasteiger partial charge is 0.251 e. The summed E-state index contributed by atoms with van der Waals surface area (Å²) in [5, 5.41) is 11.4. The Labute approximate surface area is 218 Å². The van der Waals surface area contributed by atoms with E-state index < -0.39 is 0 Å². The summed E-state index contributed by atoms with van der Waals surface area (Å²) in [6.07, 6.45) is 0. The van der Waals surface area contributed by atoms with E-state index in [1.54, 1.807) is 12.1 Å². The first-order chi connectivity index (χ1) is 18.1. The molecule has 37 heavy (non-hydrogen) atoms. The van der Waals surface area contributed by atoms with E-state index in [-0.39, 0.29) is 5.91 Å². The molecule has 1 aliphatic heterocycles. The quantitative estimate of drug-likeness (QED) is 0.379. The summed E-state index contributed by atoms with van der Waals surface area (Å²) >= 11 is 0. The van der Waals surface area contributed by atoms with Crippen LogP contribution in [0.3, 0.4) is 0 Å². The van der Waals surface area contributed by atoms with Crippen molar-refractivity contribution in [2.75, 3.05) is 32.7 Å². The van der Waals surface area contributed by atoms with Crippen LogP contribution in [-0.2, 0) is 13.1 Å². The number of hydrogen-bond acceptors (Lipinski definition) is 6. The number of aryl methyl sites for hydroxylation is 1. The van der Waals surface area contributed by atoms with Crippen molar-refractivity contribution in [2.45, 2.75) is 26.9 Å². The fraction of sp³-hybridized carbons (Fsp3) is 0.300. The maximum Gasteiger partial charge on any atom is 0.251 e. The summed E-state index contributed by atoms with van der Waals surface area (Å²) in [6.45, 7) is 11.1. The summed E-state index contributed by atoms with van der Waals surface area (Å²) in [5.74, 6) is 0.799. The van der Waals surface area contributed by atoms with Crippen LogP contribution < -0.4 is 5.32 Å². The molecule has 0 spiro atoms. The van der Waals surface area contributed by atoms with Crippen molar-refractivity contribution >= 4 is 5.91 Å². The number of piperazine rings is 1. The molecule has 1 saturated heterocycles. The molecular formula is C30H33N5O2. The average Bonchev–Trinajstić information content (AvgIpc) is 3.43. The highest BCUT2D eigenvalue weighted by atomic mass is 16.4. The molecule has 1 aliphatic rings. The molecule has 4 aromatic rings. The van der Waals surface area contributed by atoms with Gasteiger partial charge in [-0.25, -0.2) is 0 Å². The number of likely N-dealkylation sites (N-methyl/N-ethyl adjacent to an activating group) is 1. The molecule has 0 aliphatic carbocycles. The number of carbonyl (C=O) groups is 1. The third-order valence-electron chi connectivity index (χ3n) is 6.95. The Morgan fingerprint density at radius 1 is 0.838 bits per heavy atom. The van der Waals surface area contributed by atoms with Crippen molar-refractivity contribution in [3.63, 3.8) is 0 Å². The molecule has 7 heteroatoms. The first-order valence-corrected chi connectivity index (χ1v) is 12.9. The minimum Gasteiger partial charge on any atom is -0.416 e. The van der Waals surface area contributed by atoms with E-state index in [4.69, 9.17) is 4.42 Å². The molecule has 190 valence electrons. The molecule has 1 N–H and O–H groups in total. The largest absolute Gasteiger partial charge is 0.416 e. The van der Waals surface area contributed by atoms with Crippen LogP contribution in [-0.4, -0.2) is 58.6 Å². The molecule has 0 saturated carbocycles. The summed E-state index contributed by atoms with van der Waals surface area (Å²) in [4.78, 5) is 17.9. The zero-order valence-electron chi connectivity index (χ0n) is 21.5. The highest BCUT2D eigenvalue weighted by Gasteiger charge is 2.17. The zero-order valence-corrected chi connectivity index (χ0v) is 21.5. The molecule has 3 aromatic carbocycles. The normalized spacial score (nSPS) is 14.5. The predicted octanol–water partition coefficient (Wildman–Crippen LogP) is 4.78. The van der Waals surface area contributed by atoms with Crippen molar-refractivity contribution in [1.29, 1.82) is 0 Å². The molecule has 2 heterocycles. The van der Waals surface area contributed by atoms with Gasteiger partial charge in [-0.2, -0.15) is 0 Å². The van der Waals surface area contributed by atoms with E-state index in [0.29, 0.717) is 23.9 Å². The third-order valence-corrected chi connectivity index (χ3v) is 6.95. The number of carbonyl (C=O) groups excluding carboxylic acids is 1. The van der Waals surface area contributed by atoms with Gasteiger partial charge in [-0.15, -0.1) is 10.2 Å². The standard InChI is InChI=1S/C30H33N5O2/c1-3-34-15-17-35(18-16-34)21-27-9-5-4-8-26(27)20-31-28(36)23-11-13-24(14-12-23)29-32-33-30(37-29)25-10-6-7-22(2)19-25/h4-14,19H,3,15-18,20-21H2,1-2H3,(H,31,36). The minimum atomic E-state index is -0.108. The lowest BCUT2D eigenvalue weighted by Crippen LogP contribution is -2.45. The second kappa shape index (κ2) is 11.5.